The lowest BCUT2D eigenvalue weighted by atomic mass is 9.85. The van der Waals surface area contributed by atoms with Gasteiger partial charge in [0.05, 0.1) is 6.61 Å². The summed E-state index contributed by atoms with van der Waals surface area (Å²) in [6.45, 7) is 2.18. The number of rotatable bonds is 24. The fourth-order valence-electron chi connectivity index (χ4n) is 5.07. The Labute approximate surface area is 327 Å². The SMILES string of the molecule is CC#CC#CC#CC#CC(=O)OC[C@H](COP(=O)(O)OC1C(O)[C@H](O)C(OP(=O)(O)O)C(O)[C@@H]1O)OC(=O)CCCCCCCCCCCCCCC.N.[HH].[HH].[HH].[HH].[HH].[HH].[HH]. The van der Waals surface area contributed by atoms with E-state index in [9.17, 15) is 44.0 Å². The standard InChI is InChI=1S/C35H52O16P2.H3N.7H2/c1-3-5-7-9-11-12-13-14-15-16-18-20-22-24-29(37)49-27(25-47-28(36)23-21-19-17-10-8-6-4-2)26-48-53(45,46)51-35-32(40)30(38)34(31(39)33(35)41)50-52(42,43)44;;;;;;;;/h27,30-35,38-41H,3,5,7,9,11-16,18,20,22,24-26H2,1-2H3,(H,45,46)(H2,42,43,44);1H3;7*1H/t27-,30+,31?,32?,33+,34?,35?;;;;;;;;/m1......../s1. The van der Waals surface area contributed by atoms with Gasteiger partial charge < -0.3 is 50.7 Å². The van der Waals surface area contributed by atoms with Crippen molar-refractivity contribution in [2.24, 2.45) is 0 Å². The van der Waals surface area contributed by atoms with Gasteiger partial charge in [0.2, 0.25) is 0 Å². The first kappa shape index (κ1) is 51.2. The van der Waals surface area contributed by atoms with Crippen molar-refractivity contribution < 1.29 is 86.9 Å². The van der Waals surface area contributed by atoms with Crippen LogP contribution in [0.5, 0.6) is 0 Å². The first-order valence-electron chi connectivity index (χ1n) is 17.5. The van der Waals surface area contributed by atoms with Crippen molar-refractivity contribution in [3.05, 3.63) is 0 Å². The summed E-state index contributed by atoms with van der Waals surface area (Å²) in [5.74, 6) is 16.9. The quantitative estimate of drug-likeness (QED) is 0.0222. The molecule has 1 saturated carbocycles. The van der Waals surface area contributed by atoms with Crippen molar-refractivity contribution in [1.82, 2.24) is 6.15 Å². The Bertz CT molecular complexity index is 1490. The summed E-state index contributed by atoms with van der Waals surface area (Å²) >= 11 is 0. The maximum Gasteiger partial charge on any atom is 0.472 e. The number of carbonyl (C=O) groups is 2. The van der Waals surface area contributed by atoms with Crippen LogP contribution in [-0.2, 0) is 41.8 Å². The normalized spacial score (nSPS) is 22.1. The number of ether oxygens (including phenoxy) is 2. The van der Waals surface area contributed by atoms with E-state index >= 15 is 0 Å². The Kier molecular flexibility index (Phi) is 27.1. The lowest BCUT2D eigenvalue weighted by Gasteiger charge is -2.43. The largest absolute Gasteiger partial charge is 0.472 e. The van der Waals surface area contributed by atoms with Gasteiger partial charge in [-0.25, -0.2) is 13.9 Å². The zero-order valence-corrected chi connectivity index (χ0v) is 32.6. The van der Waals surface area contributed by atoms with E-state index in [0.29, 0.717) is 6.42 Å². The average molecular weight is 822 g/mol. The molecule has 0 aromatic heterocycles. The maximum atomic E-state index is 12.8. The van der Waals surface area contributed by atoms with Crippen molar-refractivity contribution in [1.29, 1.82) is 0 Å². The molecule has 0 amide bonds. The van der Waals surface area contributed by atoms with Crippen molar-refractivity contribution in [3.8, 4) is 47.4 Å². The number of phosphoric acid groups is 2. The minimum Gasteiger partial charge on any atom is -0.456 e. The molecule has 1 aliphatic rings. The molecule has 1 aliphatic carbocycles. The summed E-state index contributed by atoms with van der Waals surface area (Å²) in [7, 11) is -10.6. The number of aliphatic hydroxyl groups is 4. The lowest BCUT2D eigenvalue weighted by Crippen LogP contribution is -2.64. The summed E-state index contributed by atoms with van der Waals surface area (Å²) < 4.78 is 48.1. The van der Waals surface area contributed by atoms with Gasteiger partial charge in [0, 0.05) is 22.3 Å². The van der Waals surface area contributed by atoms with Crippen LogP contribution in [-0.4, -0.2) is 103 Å². The molecule has 1 fully saturated rings. The highest BCUT2D eigenvalue weighted by atomic mass is 31.2. The third-order valence-corrected chi connectivity index (χ3v) is 9.27. The first-order valence-corrected chi connectivity index (χ1v) is 20.5. The number of aliphatic hydroxyl groups excluding tert-OH is 4. The predicted octanol–water partition coefficient (Wildman–Crippen LogP) is 4.28. The van der Waals surface area contributed by atoms with Crippen LogP contribution in [0.2, 0.25) is 0 Å². The van der Waals surface area contributed by atoms with E-state index in [4.69, 9.17) is 28.3 Å². The third kappa shape index (κ3) is 23.2. The van der Waals surface area contributed by atoms with Gasteiger partial charge in [-0.15, -0.1) is 0 Å². The molecule has 0 bridgehead atoms. The van der Waals surface area contributed by atoms with Gasteiger partial charge in [-0.1, -0.05) is 89.9 Å². The molecule has 320 valence electrons. The Morgan fingerprint density at radius 2 is 1.11 bits per heavy atom. The number of hydrogen-bond donors (Lipinski definition) is 8. The number of esters is 2. The highest BCUT2D eigenvalue weighted by molar-refractivity contribution is 7.47. The average Bonchev–Trinajstić information content (AvgIpc) is 3.10. The van der Waals surface area contributed by atoms with Crippen LogP contribution in [0.3, 0.4) is 0 Å². The van der Waals surface area contributed by atoms with E-state index in [1.165, 1.54) is 51.4 Å². The smallest absolute Gasteiger partial charge is 0.456 e. The Morgan fingerprint density at radius 1 is 0.667 bits per heavy atom. The van der Waals surface area contributed by atoms with Gasteiger partial charge in [-0.3, -0.25) is 18.4 Å². The van der Waals surface area contributed by atoms with Crippen molar-refractivity contribution in [2.45, 2.75) is 146 Å². The molecule has 5 unspecified atom stereocenters. The fraction of sp³-hybridized carbons (Fsp3) is 0.714. The minimum atomic E-state index is -5.32. The van der Waals surface area contributed by atoms with Gasteiger partial charge in [-0.2, -0.15) is 0 Å². The van der Waals surface area contributed by atoms with E-state index in [2.05, 4.69) is 58.8 Å². The molecule has 19 heteroatoms. The molecule has 0 saturated heterocycles. The number of phosphoric ester groups is 2. The topological polar surface area (TPSA) is 291 Å². The van der Waals surface area contributed by atoms with Gasteiger partial charge in [-0.05, 0) is 48.9 Å². The van der Waals surface area contributed by atoms with Crippen molar-refractivity contribution in [2.75, 3.05) is 13.2 Å². The molecule has 0 aromatic rings. The molecule has 10 N–H and O–H groups in total. The highest BCUT2D eigenvalue weighted by Gasteiger charge is 2.54. The van der Waals surface area contributed by atoms with Crippen LogP contribution in [0, 0.1) is 47.4 Å². The van der Waals surface area contributed by atoms with Crippen molar-refractivity contribution in [3.63, 3.8) is 0 Å². The molecule has 8 atom stereocenters. The van der Waals surface area contributed by atoms with Crippen LogP contribution in [0.25, 0.3) is 0 Å². The van der Waals surface area contributed by atoms with Gasteiger partial charge in [0.1, 0.15) is 43.2 Å². The predicted molar refractivity (Wildman–Crippen MR) is 209 cm³/mol. The van der Waals surface area contributed by atoms with Gasteiger partial charge in [0.25, 0.3) is 0 Å². The van der Waals surface area contributed by atoms with E-state index < -0.39 is 83.5 Å². The number of carbonyl (C=O) groups excluding carboxylic acids is 2. The molecular formula is C35H69NO16P2. The Balaban J connectivity index is -0.000000585. The van der Waals surface area contributed by atoms with E-state index in [-0.39, 0.29) is 22.6 Å². The molecule has 0 aliphatic heterocycles. The monoisotopic (exact) mass is 821 g/mol. The van der Waals surface area contributed by atoms with Crippen molar-refractivity contribution >= 4 is 27.6 Å². The van der Waals surface area contributed by atoms with Crippen LogP contribution in [0.4, 0.5) is 0 Å². The van der Waals surface area contributed by atoms with Crippen LogP contribution in [0.1, 0.15) is 114 Å². The second-order valence-electron chi connectivity index (χ2n) is 12.2. The second-order valence-corrected chi connectivity index (χ2v) is 14.8. The van der Waals surface area contributed by atoms with Crippen LogP contribution >= 0.6 is 15.6 Å². The molecule has 0 aromatic carbocycles. The molecule has 54 heavy (non-hydrogen) atoms. The number of unbranched alkanes of at least 4 members (excludes halogenated alkanes) is 12. The molecule has 0 radical (unpaired) electrons. The summed E-state index contributed by atoms with van der Waals surface area (Å²) in [5, 5.41) is 41.0. The van der Waals surface area contributed by atoms with Gasteiger partial charge >= 0.3 is 27.6 Å². The molecule has 0 spiro atoms. The second kappa shape index (κ2) is 28.6. The summed E-state index contributed by atoms with van der Waals surface area (Å²) in [4.78, 5) is 53.0. The molecule has 1 rings (SSSR count). The maximum absolute atomic E-state index is 12.8. The Hall–Kier alpha value is -2.80. The third-order valence-electron chi connectivity index (χ3n) is 7.77. The molecule has 0 heterocycles. The van der Waals surface area contributed by atoms with Crippen LogP contribution < -0.4 is 6.15 Å². The highest BCUT2D eigenvalue weighted by Crippen LogP contribution is 2.48. The van der Waals surface area contributed by atoms with E-state index in [0.717, 1.165) is 25.7 Å². The first-order chi connectivity index (χ1) is 25.1. The van der Waals surface area contributed by atoms with Crippen LogP contribution in [0.15, 0.2) is 0 Å². The fourth-order valence-corrected chi connectivity index (χ4v) is 6.61. The number of hydrogen-bond acceptors (Lipinski definition) is 14. The summed E-state index contributed by atoms with van der Waals surface area (Å²) in [5.41, 5.74) is 0. The van der Waals surface area contributed by atoms with E-state index in [1.807, 2.05) is 0 Å². The summed E-state index contributed by atoms with van der Waals surface area (Å²) in [6.07, 6.45) is -0.814. The van der Waals surface area contributed by atoms with E-state index in [1.54, 1.807) is 6.92 Å². The summed E-state index contributed by atoms with van der Waals surface area (Å²) in [6, 6.07) is 0. The zero-order chi connectivity index (χ0) is 39.7. The van der Waals surface area contributed by atoms with Gasteiger partial charge in [0.15, 0.2) is 6.10 Å². The zero-order valence-electron chi connectivity index (χ0n) is 30.8. The Morgan fingerprint density at radius 3 is 1.59 bits per heavy atom. The molecular weight excluding hydrogens is 752 g/mol. The minimum absolute atomic E-state index is 0. The lowest BCUT2D eigenvalue weighted by molar-refractivity contribution is -0.216. The molecule has 17 nitrogen and oxygen atoms in total.